The number of hydrogen-bond donors (Lipinski definition) is 2. The van der Waals surface area contributed by atoms with Crippen LogP contribution in [0, 0.1) is 0 Å². The van der Waals surface area contributed by atoms with Gasteiger partial charge in [-0.15, -0.1) is 0 Å². The highest BCUT2D eigenvalue weighted by Crippen LogP contribution is 2.18. The highest BCUT2D eigenvalue weighted by Gasteiger charge is 2.31. The van der Waals surface area contributed by atoms with Crippen LogP contribution in [0.15, 0.2) is 11.6 Å². The Balaban J connectivity index is 4.31. The number of alkyl halides is 2. The molecule has 66 valence electrons. The number of hydrogen-bond acceptors (Lipinski definition) is 2. The highest BCUT2D eigenvalue weighted by molar-refractivity contribution is 5.04. The third-order valence-electron chi connectivity index (χ3n) is 1.23. The molecule has 0 saturated heterocycles. The summed E-state index contributed by atoms with van der Waals surface area (Å²) in [5, 5.41) is 0. The molecule has 0 aromatic carbocycles. The first kappa shape index (κ1) is 10.5. The van der Waals surface area contributed by atoms with E-state index in [1.807, 2.05) is 5.43 Å². The van der Waals surface area contributed by atoms with E-state index in [1.165, 1.54) is 6.08 Å². The van der Waals surface area contributed by atoms with Crippen LogP contribution in [0.25, 0.3) is 0 Å². The summed E-state index contributed by atoms with van der Waals surface area (Å²) in [6, 6.07) is -1.08. The Morgan fingerprint density at radius 1 is 1.55 bits per heavy atom. The zero-order valence-corrected chi connectivity index (χ0v) is 6.99. The molecule has 1 unspecified atom stereocenters. The Kier molecular flexibility index (Phi) is 3.62. The normalized spacial score (nSPS) is 14.4. The van der Waals surface area contributed by atoms with Gasteiger partial charge in [0.25, 0.3) is 5.92 Å². The van der Waals surface area contributed by atoms with Gasteiger partial charge in [-0.2, -0.15) is 0 Å². The number of nitrogens with one attached hydrogen (secondary N) is 1. The van der Waals surface area contributed by atoms with Crippen molar-refractivity contribution in [3.63, 3.8) is 0 Å². The second-order valence-electron chi connectivity index (χ2n) is 2.84. The van der Waals surface area contributed by atoms with E-state index >= 15 is 0 Å². The molecule has 0 saturated carbocycles. The minimum atomic E-state index is -2.81. The molecule has 11 heavy (non-hydrogen) atoms. The minimum Gasteiger partial charge on any atom is -0.271 e. The van der Waals surface area contributed by atoms with Crippen LogP contribution in [0.5, 0.6) is 0 Å². The molecule has 0 bridgehead atoms. The van der Waals surface area contributed by atoms with Crippen LogP contribution in [-0.4, -0.2) is 12.0 Å². The number of hydrazine groups is 1. The number of rotatable bonds is 3. The Hall–Kier alpha value is -0.480. The van der Waals surface area contributed by atoms with Crippen molar-refractivity contribution in [1.29, 1.82) is 0 Å². The van der Waals surface area contributed by atoms with Gasteiger partial charge in [0.2, 0.25) is 0 Å². The summed E-state index contributed by atoms with van der Waals surface area (Å²) in [4.78, 5) is 0. The van der Waals surface area contributed by atoms with Gasteiger partial charge < -0.3 is 0 Å². The van der Waals surface area contributed by atoms with Gasteiger partial charge in [-0.25, -0.2) is 14.2 Å². The van der Waals surface area contributed by atoms with E-state index in [9.17, 15) is 8.78 Å². The fraction of sp³-hybridized carbons (Fsp3) is 0.714. The largest absolute Gasteiger partial charge is 0.271 e. The molecule has 0 fully saturated rings. The second kappa shape index (κ2) is 3.78. The average Bonchev–Trinajstić information content (AvgIpc) is 1.79. The third-order valence-corrected chi connectivity index (χ3v) is 1.23. The maximum absolute atomic E-state index is 12.6. The standard InChI is InChI=1S/C7H14F2N2/c1-5(2)4-6(11-10)7(3,8)9/h4,6,11H,10H2,1-3H3. The Morgan fingerprint density at radius 2 is 2.00 bits per heavy atom. The molecule has 0 aliphatic rings. The lowest BCUT2D eigenvalue weighted by atomic mass is 10.1. The number of halogens is 2. The van der Waals surface area contributed by atoms with Crippen molar-refractivity contribution in [2.75, 3.05) is 0 Å². The molecule has 0 aromatic rings. The monoisotopic (exact) mass is 164 g/mol. The molecule has 0 aromatic heterocycles. The summed E-state index contributed by atoms with van der Waals surface area (Å²) < 4.78 is 25.1. The molecular weight excluding hydrogens is 150 g/mol. The predicted octanol–water partition coefficient (Wildman–Crippen LogP) is 1.44. The molecule has 4 heteroatoms. The quantitative estimate of drug-likeness (QED) is 0.376. The molecule has 0 aliphatic carbocycles. The zero-order chi connectivity index (χ0) is 9.07. The summed E-state index contributed by atoms with van der Waals surface area (Å²) >= 11 is 0. The molecule has 0 rings (SSSR count). The first-order chi connectivity index (χ1) is 4.88. The zero-order valence-electron chi connectivity index (χ0n) is 6.99. The van der Waals surface area contributed by atoms with Crippen LogP contribution in [0.3, 0.4) is 0 Å². The van der Waals surface area contributed by atoms with E-state index in [0.29, 0.717) is 0 Å². The van der Waals surface area contributed by atoms with Crippen molar-refractivity contribution in [3.8, 4) is 0 Å². The maximum atomic E-state index is 12.6. The van der Waals surface area contributed by atoms with Crippen molar-refractivity contribution in [2.24, 2.45) is 5.84 Å². The molecule has 0 aliphatic heterocycles. The van der Waals surface area contributed by atoms with E-state index in [4.69, 9.17) is 5.84 Å². The van der Waals surface area contributed by atoms with E-state index in [2.05, 4.69) is 0 Å². The van der Waals surface area contributed by atoms with Gasteiger partial charge >= 0.3 is 0 Å². The SMILES string of the molecule is CC(C)=CC(NN)C(C)(F)F. The van der Waals surface area contributed by atoms with Crippen LogP contribution in [-0.2, 0) is 0 Å². The Labute approximate surface area is 65.4 Å². The highest BCUT2D eigenvalue weighted by atomic mass is 19.3. The summed E-state index contributed by atoms with van der Waals surface area (Å²) in [6.45, 7) is 4.32. The Bertz CT molecular complexity index is 145. The molecule has 0 heterocycles. The Morgan fingerprint density at radius 3 is 2.09 bits per heavy atom. The minimum absolute atomic E-state index is 0.814. The summed E-state index contributed by atoms with van der Waals surface area (Å²) in [5.41, 5.74) is 2.86. The fourth-order valence-corrected chi connectivity index (χ4v) is 0.674. The van der Waals surface area contributed by atoms with Gasteiger partial charge in [0, 0.05) is 6.92 Å². The molecule has 0 spiro atoms. The van der Waals surface area contributed by atoms with Crippen molar-refractivity contribution >= 4 is 0 Å². The molecule has 2 nitrogen and oxygen atoms in total. The van der Waals surface area contributed by atoms with Crippen LogP contribution in [0.1, 0.15) is 20.8 Å². The molecule has 1 atom stereocenters. The topological polar surface area (TPSA) is 38.0 Å². The smallest absolute Gasteiger partial charge is 0.265 e. The summed E-state index contributed by atoms with van der Waals surface area (Å²) in [5.74, 6) is 2.12. The van der Waals surface area contributed by atoms with E-state index in [0.717, 1.165) is 12.5 Å². The summed E-state index contributed by atoms with van der Waals surface area (Å²) in [7, 11) is 0. The first-order valence-electron chi connectivity index (χ1n) is 3.37. The van der Waals surface area contributed by atoms with Crippen molar-refractivity contribution in [3.05, 3.63) is 11.6 Å². The second-order valence-corrected chi connectivity index (χ2v) is 2.84. The molecule has 0 amide bonds. The third kappa shape index (κ3) is 4.06. The first-order valence-corrected chi connectivity index (χ1v) is 3.37. The predicted molar refractivity (Wildman–Crippen MR) is 41.2 cm³/mol. The maximum Gasteiger partial charge on any atom is 0.265 e. The van der Waals surface area contributed by atoms with E-state index < -0.39 is 12.0 Å². The molecular formula is C7H14F2N2. The fourth-order valence-electron chi connectivity index (χ4n) is 0.674. The lowest BCUT2D eigenvalue weighted by molar-refractivity contribution is -0.00262. The van der Waals surface area contributed by atoms with Crippen molar-refractivity contribution < 1.29 is 8.78 Å². The average molecular weight is 164 g/mol. The summed E-state index contributed by atoms with van der Waals surface area (Å²) in [6.07, 6.45) is 1.40. The van der Waals surface area contributed by atoms with Crippen LogP contribution in [0.2, 0.25) is 0 Å². The number of allylic oxidation sites excluding steroid dienone is 1. The molecule has 3 N–H and O–H groups in total. The van der Waals surface area contributed by atoms with Crippen molar-refractivity contribution in [1.82, 2.24) is 5.43 Å². The van der Waals surface area contributed by atoms with Gasteiger partial charge in [0.05, 0.1) is 0 Å². The van der Waals surface area contributed by atoms with Crippen LogP contribution in [0.4, 0.5) is 8.78 Å². The van der Waals surface area contributed by atoms with Crippen LogP contribution < -0.4 is 11.3 Å². The van der Waals surface area contributed by atoms with Gasteiger partial charge in [-0.05, 0) is 13.8 Å². The number of nitrogens with two attached hydrogens (primary N) is 1. The van der Waals surface area contributed by atoms with Gasteiger partial charge in [0.1, 0.15) is 6.04 Å². The molecule has 0 radical (unpaired) electrons. The van der Waals surface area contributed by atoms with Crippen molar-refractivity contribution in [2.45, 2.75) is 32.7 Å². The van der Waals surface area contributed by atoms with Gasteiger partial charge in [0.15, 0.2) is 0 Å². The van der Waals surface area contributed by atoms with Gasteiger partial charge in [-0.3, -0.25) is 5.84 Å². The van der Waals surface area contributed by atoms with E-state index in [1.54, 1.807) is 13.8 Å². The lowest BCUT2D eigenvalue weighted by Crippen LogP contribution is -2.45. The van der Waals surface area contributed by atoms with Gasteiger partial charge in [-0.1, -0.05) is 11.6 Å². The van der Waals surface area contributed by atoms with Crippen LogP contribution >= 0.6 is 0 Å². The van der Waals surface area contributed by atoms with E-state index in [-0.39, 0.29) is 0 Å². The lowest BCUT2D eigenvalue weighted by Gasteiger charge is -2.19.